The molecule has 1 rings (SSSR count). The summed E-state index contributed by atoms with van der Waals surface area (Å²) < 4.78 is 0. The molecular formula is C14H23NO. The second kappa shape index (κ2) is 5.35. The first-order valence-corrected chi connectivity index (χ1v) is 5.88. The van der Waals surface area contributed by atoms with Crippen LogP contribution in [0.1, 0.15) is 25.0 Å². The molecule has 2 heteroatoms. The minimum Gasteiger partial charge on any atom is -0.391 e. The summed E-state index contributed by atoms with van der Waals surface area (Å²) in [6.45, 7) is 8.98. The van der Waals surface area contributed by atoms with Gasteiger partial charge in [0.1, 0.15) is 0 Å². The lowest BCUT2D eigenvalue weighted by Gasteiger charge is -2.26. The van der Waals surface area contributed by atoms with Gasteiger partial charge in [0.2, 0.25) is 0 Å². The number of aryl methyl sites for hydroxylation is 2. The number of anilines is 1. The highest BCUT2D eigenvalue weighted by molar-refractivity contribution is 5.53. The molecule has 0 amide bonds. The highest BCUT2D eigenvalue weighted by atomic mass is 16.3. The first kappa shape index (κ1) is 13.0. The molecule has 1 unspecified atom stereocenters. The fourth-order valence-electron chi connectivity index (χ4n) is 1.82. The largest absolute Gasteiger partial charge is 0.391 e. The van der Waals surface area contributed by atoms with Crippen molar-refractivity contribution in [2.75, 3.05) is 18.5 Å². The van der Waals surface area contributed by atoms with Crippen LogP contribution in [0.4, 0.5) is 5.69 Å². The summed E-state index contributed by atoms with van der Waals surface area (Å²) in [6, 6.07) is 6.41. The monoisotopic (exact) mass is 221 g/mol. The van der Waals surface area contributed by atoms with Crippen LogP contribution < -0.4 is 4.90 Å². The predicted molar refractivity (Wildman–Crippen MR) is 70.0 cm³/mol. The van der Waals surface area contributed by atoms with Crippen molar-refractivity contribution in [3.8, 4) is 0 Å². The van der Waals surface area contributed by atoms with Gasteiger partial charge in [-0.2, -0.15) is 0 Å². The van der Waals surface area contributed by atoms with Crippen LogP contribution in [0.2, 0.25) is 0 Å². The summed E-state index contributed by atoms with van der Waals surface area (Å²) in [5.74, 6) is 0.299. The average molecular weight is 221 g/mol. The Balaban J connectivity index is 2.76. The predicted octanol–water partition coefficient (Wildman–Crippen LogP) is 2.76. The van der Waals surface area contributed by atoms with Crippen molar-refractivity contribution in [1.29, 1.82) is 0 Å². The number of hydrogen-bond donors (Lipinski definition) is 1. The van der Waals surface area contributed by atoms with Crippen LogP contribution in [0.5, 0.6) is 0 Å². The Morgan fingerprint density at radius 2 is 1.88 bits per heavy atom. The van der Waals surface area contributed by atoms with Crippen LogP contribution in [0.3, 0.4) is 0 Å². The number of likely N-dealkylation sites (N-methyl/N-ethyl adjacent to an activating group) is 1. The van der Waals surface area contributed by atoms with E-state index in [1.807, 2.05) is 20.9 Å². The zero-order valence-electron chi connectivity index (χ0n) is 11.0. The second-order valence-corrected chi connectivity index (χ2v) is 4.98. The van der Waals surface area contributed by atoms with Gasteiger partial charge in [-0.25, -0.2) is 0 Å². The summed E-state index contributed by atoms with van der Waals surface area (Å²) in [7, 11) is 2.03. The third kappa shape index (κ3) is 3.24. The van der Waals surface area contributed by atoms with Gasteiger partial charge in [-0.3, -0.25) is 0 Å². The Morgan fingerprint density at radius 1 is 1.25 bits per heavy atom. The number of nitrogens with zero attached hydrogens (tertiary/aromatic N) is 1. The van der Waals surface area contributed by atoms with E-state index in [1.54, 1.807) is 0 Å². The summed E-state index contributed by atoms with van der Waals surface area (Å²) >= 11 is 0. The highest BCUT2D eigenvalue weighted by Gasteiger charge is 2.13. The van der Waals surface area contributed by atoms with Gasteiger partial charge in [0.15, 0.2) is 0 Å². The van der Waals surface area contributed by atoms with E-state index < -0.39 is 0 Å². The Labute approximate surface area is 98.9 Å². The molecule has 0 aromatic heterocycles. The van der Waals surface area contributed by atoms with Gasteiger partial charge >= 0.3 is 0 Å². The van der Waals surface area contributed by atoms with Gasteiger partial charge in [0.25, 0.3) is 0 Å². The maximum absolute atomic E-state index is 9.86. The molecule has 0 spiro atoms. The molecule has 0 aliphatic carbocycles. The fourth-order valence-corrected chi connectivity index (χ4v) is 1.82. The average Bonchev–Trinajstić information content (AvgIpc) is 2.16. The maximum Gasteiger partial charge on any atom is 0.0737 e. The van der Waals surface area contributed by atoms with Crippen LogP contribution in [0, 0.1) is 19.8 Å². The Morgan fingerprint density at radius 3 is 2.38 bits per heavy atom. The smallest absolute Gasteiger partial charge is 0.0737 e. The van der Waals surface area contributed by atoms with Gasteiger partial charge < -0.3 is 10.0 Å². The number of benzene rings is 1. The fraction of sp³-hybridized carbons (Fsp3) is 0.571. The van der Waals surface area contributed by atoms with Crippen molar-refractivity contribution < 1.29 is 5.11 Å². The molecule has 1 atom stereocenters. The van der Waals surface area contributed by atoms with Crippen molar-refractivity contribution in [3.05, 3.63) is 29.3 Å². The zero-order valence-corrected chi connectivity index (χ0v) is 11.0. The SMILES string of the molecule is Cc1ccc(N(C)CC(O)C(C)C)c(C)c1. The van der Waals surface area contributed by atoms with E-state index in [-0.39, 0.29) is 6.10 Å². The third-order valence-corrected chi connectivity index (χ3v) is 2.99. The zero-order chi connectivity index (χ0) is 12.3. The van der Waals surface area contributed by atoms with Gasteiger partial charge in [-0.15, -0.1) is 0 Å². The molecule has 1 aromatic carbocycles. The number of rotatable bonds is 4. The van der Waals surface area contributed by atoms with Crippen molar-refractivity contribution in [2.24, 2.45) is 5.92 Å². The van der Waals surface area contributed by atoms with Gasteiger partial charge in [-0.05, 0) is 31.4 Å². The molecule has 90 valence electrons. The maximum atomic E-state index is 9.86. The van der Waals surface area contributed by atoms with Crippen molar-refractivity contribution in [2.45, 2.75) is 33.8 Å². The highest BCUT2D eigenvalue weighted by Crippen LogP contribution is 2.20. The van der Waals surface area contributed by atoms with Crippen LogP contribution in [-0.2, 0) is 0 Å². The first-order valence-electron chi connectivity index (χ1n) is 5.88. The van der Waals surface area contributed by atoms with E-state index in [9.17, 15) is 5.11 Å². The molecule has 0 heterocycles. The Hall–Kier alpha value is -1.02. The number of aliphatic hydroxyl groups is 1. The molecule has 0 fully saturated rings. The van der Waals surface area contributed by atoms with E-state index in [1.165, 1.54) is 16.8 Å². The van der Waals surface area contributed by atoms with Crippen molar-refractivity contribution in [3.63, 3.8) is 0 Å². The van der Waals surface area contributed by atoms with E-state index in [4.69, 9.17) is 0 Å². The van der Waals surface area contributed by atoms with E-state index in [0.717, 1.165) is 0 Å². The van der Waals surface area contributed by atoms with Crippen LogP contribution in [0.15, 0.2) is 18.2 Å². The standard InChI is InChI=1S/C14H23NO/c1-10(2)14(16)9-15(5)13-7-6-11(3)8-12(13)4/h6-8,10,14,16H,9H2,1-5H3. The summed E-state index contributed by atoms with van der Waals surface area (Å²) in [5.41, 5.74) is 3.74. The van der Waals surface area contributed by atoms with E-state index in [2.05, 4.69) is 36.9 Å². The summed E-state index contributed by atoms with van der Waals surface area (Å²) in [5, 5.41) is 9.86. The van der Waals surface area contributed by atoms with Crippen LogP contribution in [-0.4, -0.2) is 24.8 Å². The van der Waals surface area contributed by atoms with Gasteiger partial charge in [0, 0.05) is 19.3 Å². The second-order valence-electron chi connectivity index (χ2n) is 4.98. The minimum atomic E-state index is -0.272. The topological polar surface area (TPSA) is 23.5 Å². The van der Waals surface area contributed by atoms with Crippen LogP contribution >= 0.6 is 0 Å². The summed E-state index contributed by atoms with van der Waals surface area (Å²) in [6.07, 6.45) is -0.272. The number of aliphatic hydroxyl groups excluding tert-OH is 1. The number of hydrogen-bond acceptors (Lipinski definition) is 2. The van der Waals surface area contributed by atoms with Gasteiger partial charge in [-0.1, -0.05) is 31.5 Å². The minimum absolute atomic E-state index is 0.272. The first-order chi connectivity index (χ1) is 7.41. The molecule has 0 aliphatic rings. The molecular weight excluding hydrogens is 198 g/mol. The van der Waals surface area contributed by atoms with Crippen LogP contribution in [0.25, 0.3) is 0 Å². The molecule has 0 radical (unpaired) electrons. The molecule has 16 heavy (non-hydrogen) atoms. The third-order valence-electron chi connectivity index (χ3n) is 2.99. The lowest BCUT2D eigenvalue weighted by atomic mass is 10.1. The molecule has 0 aliphatic heterocycles. The van der Waals surface area contributed by atoms with Crippen molar-refractivity contribution in [1.82, 2.24) is 0 Å². The van der Waals surface area contributed by atoms with E-state index >= 15 is 0 Å². The molecule has 0 saturated heterocycles. The molecule has 0 bridgehead atoms. The molecule has 1 aromatic rings. The van der Waals surface area contributed by atoms with Gasteiger partial charge in [0.05, 0.1) is 6.10 Å². The molecule has 0 saturated carbocycles. The summed E-state index contributed by atoms with van der Waals surface area (Å²) in [4.78, 5) is 2.12. The van der Waals surface area contributed by atoms with E-state index in [0.29, 0.717) is 12.5 Å². The molecule has 1 N–H and O–H groups in total. The lowest BCUT2D eigenvalue weighted by molar-refractivity contribution is 0.132. The normalized spacial score (nSPS) is 12.9. The van der Waals surface area contributed by atoms with Crippen molar-refractivity contribution >= 4 is 5.69 Å². The Bertz CT molecular complexity index is 347. The lowest BCUT2D eigenvalue weighted by Crippen LogP contribution is -2.32. The quantitative estimate of drug-likeness (QED) is 0.845. The molecule has 2 nitrogen and oxygen atoms in total. The Kier molecular flexibility index (Phi) is 4.36.